The van der Waals surface area contributed by atoms with Crippen molar-refractivity contribution in [2.45, 2.75) is 12.8 Å². The second kappa shape index (κ2) is 10.6. The van der Waals surface area contributed by atoms with Gasteiger partial charge in [-0.15, -0.1) is 0 Å². The highest BCUT2D eigenvalue weighted by Crippen LogP contribution is 2.35. The number of anilines is 1. The number of benzene rings is 3. The fourth-order valence-corrected chi connectivity index (χ4v) is 3.44. The van der Waals surface area contributed by atoms with Crippen LogP contribution < -0.4 is 10.1 Å². The second-order valence-electron chi connectivity index (χ2n) is 6.89. The molecule has 0 heterocycles. The van der Waals surface area contributed by atoms with Gasteiger partial charge in [-0.1, -0.05) is 47.5 Å². The molecule has 3 aromatic carbocycles. The fraction of sp³-hybridized carbons (Fsp3) is 0.0833. The van der Waals surface area contributed by atoms with Crippen LogP contribution in [0.15, 0.2) is 66.2 Å². The number of hydrogen-bond donors (Lipinski definition) is 1. The highest BCUT2D eigenvalue weighted by Gasteiger charge is 2.30. The van der Waals surface area contributed by atoms with Crippen molar-refractivity contribution in [2.75, 3.05) is 5.32 Å². The molecule has 1 amide bonds. The van der Waals surface area contributed by atoms with E-state index in [4.69, 9.17) is 27.9 Å². The highest BCUT2D eigenvalue weighted by atomic mass is 35.5. The van der Waals surface area contributed by atoms with Crippen molar-refractivity contribution < 1.29 is 27.1 Å². The molecule has 0 bridgehead atoms. The molecular formula is C24H14Cl2F4N2O2. The van der Waals surface area contributed by atoms with Crippen LogP contribution in [0, 0.1) is 17.1 Å². The molecule has 174 valence electrons. The van der Waals surface area contributed by atoms with Gasteiger partial charge in [0.05, 0.1) is 10.6 Å². The van der Waals surface area contributed by atoms with Crippen molar-refractivity contribution in [3.8, 4) is 11.8 Å². The number of amides is 1. The van der Waals surface area contributed by atoms with Gasteiger partial charge in [-0.25, -0.2) is 4.39 Å². The number of carbonyl (C=O) groups excluding carboxylic acids is 1. The number of nitriles is 1. The molecule has 0 aliphatic rings. The molecule has 0 saturated carbocycles. The van der Waals surface area contributed by atoms with Gasteiger partial charge >= 0.3 is 6.18 Å². The molecule has 0 aliphatic carbocycles. The summed E-state index contributed by atoms with van der Waals surface area (Å²) in [5.74, 6) is -1.42. The van der Waals surface area contributed by atoms with E-state index in [1.165, 1.54) is 36.4 Å². The molecule has 0 atom stereocenters. The summed E-state index contributed by atoms with van der Waals surface area (Å²) in [4.78, 5) is 12.6. The summed E-state index contributed by atoms with van der Waals surface area (Å²) < 4.78 is 58.3. The number of hydrogen-bond acceptors (Lipinski definition) is 3. The Morgan fingerprint density at radius 1 is 1.09 bits per heavy atom. The van der Waals surface area contributed by atoms with Gasteiger partial charge in [0.2, 0.25) is 0 Å². The quantitative estimate of drug-likeness (QED) is 0.216. The molecule has 0 aliphatic heterocycles. The Bertz CT molecular complexity index is 1300. The summed E-state index contributed by atoms with van der Waals surface area (Å²) in [7, 11) is 0. The van der Waals surface area contributed by atoms with E-state index in [2.05, 4.69) is 5.32 Å². The summed E-state index contributed by atoms with van der Waals surface area (Å²) in [5.41, 5.74) is -1.18. The van der Waals surface area contributed by atoms with Gasteiger partial charge in [-0.2, -0.15) is 18.4 Å². The SMILES string of the molecule is N#C/C(=C\c1cc(Cl)cc(Cl)c1OCc1ccccc1F)C(=O)Nc1cccc(C(F)(F)F)c1. The fourth-order valence-electron chi connectivity index (χ4n) is 2.88. The Hall–Kier alpha value is -3.54. The lowest BCUT2D eigenvalue weighted by Crippen LogP contribution is -2.14. The van der Waals surface area contributed by atoms with Gasteiger partial charge in [0.15, 0.2) is 0 Å². The maximum Gasteiger partial charge on any atom is 0.416 e. The largest absolute Gasteiger partial charge is 0.487 e. The van der Waals surface area contributed by atoms with Gasteiger partial charge in [0.25, 0.3) is 5.91 Å². The molecule has 3 aromatic rings. The lowest BCUT2D eigenvalue weighted by Gasteiger charge is -2.13. The van der Waals surface area contributed by atoms with Gasteiger partial charge in [-0.05, 0) is 42.5 Å². The number of carbonyl (C=O) groups is 1. The molecule has 4 nitrogen and oxygen atoms in total. The van der Waals surface area contributed by atoms with Crippen LogP contribution in [-0.4, -0.2) is 5.91 Å². The summed E-state index contributed by atoms with van der Waals surface area (Å²) in [6, 6.07) is 14.3. The molecule has 0 spiro atoms. The van der Waals surface area contributed by atoms with Crippen LogP contribution in [0.5, 0.6) is 5.75 Å². The zero-order valence-electron chi connectivity index (χ0n) is 17.1. The number of halogens is 6. The average molecular weight is 509 g/mol. The van der Waals surface area contributed by atoms with Crippen molar-refractivity contribution in [2.24, 2.45) is 0 Å². The lowest BCUT2D eigenvalue weighted by molar-refractivity contribution is -0.137. The first-order valence-corrected chi connectivity index (χ1v) is 10.3. The number of nitrogens with one attached hydrogen (secondary N) is 1. The summed E-state index contributed by atoms with van der Waals surface area (Å²) >= 11 is 12.3. The molecule has 1 N–H and O–H groups in total. The third-order valence-corrected chi connectivity index (χ3v) is 4.98. The van der Waals surface area contributed by atoms with Crippen LogP contribution in [0.25, 0.3) is 6.08 Å². The van der Waals surface area contributed by atoms with E-state index in [-0.39, 0.29) is 39.2 Å². The van der Waals surface area contributed by atoms with Crippen LogP contribution in [0.4, 0.5) is 23.2 Å². The Morgan fingerprint density at radius 3 is 2.50 bits per heavy atom. The molecule has 0 fully saturated rings. The molecule has 0 aromatic heterocycles. The smallest absolute Gasteiger partial charge is 0.416 e. The maximum absolute atomic E-state index is 13.9. The Balaban J connectivity index is 1.90. The van der Waals surface area contributed by atoms with Crippen molar-refractivity contribution >= 4 is 40.9 Å². The van der Waals surface area contributed by atoms with E-state index in [1.54, 1.807) is 12.1 Å². The molecule has 0 radical (unpaired) electrons. The van der Waals surface area contributed by atoms with E-state index in [9.17, 15) is 27.6 Å². The minimum atomic E-state index is -4.60. The summed E-state index contributed by atoms with van der Waals surface area (Å²) in [6.07, 6.45) is -3.48. The molecule has 34 heavy (non-hydrogen) atoms. The van der Waals surface area contributed by atoms with Crippen LogP contribution >= 0.6 is 23.2 Å². The van der Waals surface area contributed by atoms with Crippen molar-refractivity contribution in [3.63, 3.8) is 0 Å². The zero-order chi connectivity index (χ0) is 24.9. The Kier molecular flexibility index (Phi) is 7.82. The van der Waals surface area contributed by atoms with Gasteiger partial charge in [0.1, 0.15) is 29.8 Å². The predicted molar refractivity (Wildman–Crippen MR) is 121 cm³/mol. The van der Waals surface area contributed by atoms with E-state index < -0.39 is 29.0 Å². The first kappa shape index (κ1) is 25.1. The van der Waals surface area contributed by atoms with Gasteiger partial charge in [-0.3, -0.25) is 4.79 Å². The van der Waals surface area contributed by atoms with Crippen molar-refractivity contribution in [1.82, 2.24) is 0 Å². The molecule has 3 rings (SSSR count). The molecule has 0 saturated heterocycles. The molecule has 0 unspecified atom stereocenters. The Morgan fingerprint density at radius 2 is 1.82 bits per heavy atom. The topological polar surface area (TPSA) is 62.1 Å². The first-order valence-electron chi connectivity index (χ1n) is 9.54. The number of ether oxygens (including phenoxy) is 1. The van der Waals surface area contributed by atoms with Crippen LogP contribution in [0.2, 0.25) is 10.0 Å². The van der Waals surface area contributed by atoms with Gasteiger partial charge < -0.3 is 10.1 Å². The van der Waals surface area contributed by atoms with Gasteiger partial charge in [0, 0.05) is 21.8 Å². The van der Waals surface area contributed by atoms with Crippen LogP contribution in [0.3, 0.4) is 0 Å². The lowest BCUT2D eigenvalue weighted by atomic mass is 10.1. The monoisotopic (exact) mass is 508 g/mol. The number of nitrogens with zero attached hydrogens (tertiary/aromatic N) is 1. The van der Waals surface area contributed by atoms with E-state index in [0.717, 1.165) is 24.3 Å². The highest BCUT2D eigenvalue weighted by molar-refractivity contribution is 6.36. The standard InChI is InChI=1S/C24H14Cl2F4N2O2/c25-18-9-15(22(20(26)11-18)34-13-14-4-1-2-7-21(14)27)8-16(12-31)23(33)32-19-6-3-5-17(10-19)24(28,29)30/h1-11H,13H2,(H,32,33)/b16-8+. The molecule has 10 heteroatoms. The second-order valence-corrected chi connectivity index (χ2v) is 7.73. The van der Waals surface area contributed by atoms with E-state index >= 15 is 0 Å². The number of alkyl halides is 3. The van der Waals surface area contributed by atoms with Crippen LogP contribution in [-0.2, 0) is 17.6 Å². The molecular weight excluding hydrogens is 495 g/mol. The zero-order valence-corrected chi connectivity index (χ0v) is 18.6. The minimum Gasteiger partial charge on any atom is -0.487 e. The normalized spacial score (nSPS) is 11.6. The number of rotatable bonds is 6. The predicted octanol–water partition coefficient (Wildman–Crippen LogP) is 7.28. The van der Waals surface area contributed by atoms with Crippen molar-refractivity contribution in [3.05, 3.63) is 98.8 Å². The van der Waals surface area contributed by atoms with E-state index in [0.29, 0.717) is 0 Å². The first-order chi connectivity index (χ1) is 16.1. The third-order valence-electron chi connectivity index (χ3n) is 4.48. The minimum absolute atomic E-state index is 0.0361. The third kappa shape index (κ3) is 6.28. The summed E-state index contributed by atoms with van der Waals surface area (Å²) in [5, 5.41) is 11.9. The Labute approximate surface area is 202 Å². The summed E-state index contributed by atoms with van der Waals surface area (Å²) in [6.45, 7) is -0.201. The van der Waals surface area contributed by atoms with Crippen molar-refractivity contribution in [1.29, 1.82) is 5.26 Å². The van der Waals surface area contributed by atoms with E-state index in [1.807, 2.05) is 0 Å². The van der Waals surface area contributed by atoms with Crippen LogP contribution in [0.1, 0.15) is 16.7 Å². The average Bonchev–Trinajstić information content (AvgIpc) is 2.77. The maximum atomic E-state index is 13.9.